The molecule has 3 aromatic rings. The molecule has 3 rings (SSSR count). The van der Waals surface area contributed by atoms with Crippen molar-refractivity contribution in [1.82, 2.24) is 19.8 Å². The summed E-state index contributed by atoms with van der Waals surface area (Å²) in [6.45, 7) is 4.10. The van der Waals surface area contributed by atoms with Gasteiger partial charge in [-0.15, -0.1) is 15.3 Å². The standard InChI is InChI=1S/C15H17N5OS/c1-3-4-5-12(21)16-14-19-20-13(17-18-15(20)22-14)11-8-6-10(2)7-9-11/h6-9H,3-5H2,1-2H3,(H,16,19,21). The third kappa shape index (κ3) is 2.99. The number of hydrogen-bond acceptors (Lipinski definition) is 5. The highest BCUT2D eigenvalue weighted by Gasteiger charge is 2.14. The first kappa shape index (κ1) is 14.6. The number of aromatic nitrogens is 4. The van der Waals surface area contributed by atoms with Gasteiger partial charge < -0.3 is 5.32 Å². The van der Waals surface area contributed by atoms with Crippen LogP contribution >= 0.6 is 11.3 Å². The van der Waals surface area contributed by atoms with Gasteiger partial charge in [0.25, 0.3) is 0 Å². The highest BCUT2D eigenvalue weighted by molar-refractivity contribution is 7.20. The van der Waals surface area contributed by atoms with E-state index in [1.54, 1.807) is 4.52 Å². The van der Waals surface area contributed by atoms with E-state index < -0.39 is 0 Å². The number of carbonyl (C=O) groups excluding carboxylic acids is 1. The lowest BCUT2D eigenvalue weighted by Crippen LogP contribution is -2.11. The maximum Gasteiger partial charge on any atom is 0.236 e. The van der Waals surface area contributed by atoms with Gasteiger partial charge in [-0.3, -0.25) is 4.79 Å². The van der Waals surface area contributed by atoms with Crippen molar-refractivity contribution >= 4 is 27.3 Å². The van der Waals surface area contributed by atoms with Crippen LogP contribution in [0.5, 0.6) is 0 Å². The zero-order chi connectivity index (χ0) is 15.5. The van der Waals surface area contributed by atoms with Crippen LogP contribution in [0.2, 0.25) is 0 Å². The van der Waals surface area contributed by atoms with Crippen LogP contribution in [0.25, 0.3) is 16.3 Å². The number of nitrogens with one attached hydrogen (secondary N) is 1. The van der Waals surface area contributed by atoms with E-state index in [0.717, 1.165) is 18.4 Å². The molecule has 0 atom stereocenters. The van der Waals surface area contributed by atoms with Gasteiger partial charge in [0, 0.05) is 12.0 Å². The molecule has 0 spiro atoms. The van der Waals surface area contributed by atoms with Gasteiger partial charge in [-0.2, -0.15) is 4.52 Å². The molecule has 114 valence electrons. The monoisotopic (exact) mass is 315 g/mol. The largest absolute Gasteiger partial charge is 0.301 e. The summed E-state index contributed by atoms with van der Waals surface area (Å²) in [5.41, 5.74) is 2.14. The van der Waals surface area contributed by atoms with Crippen molar-refractivity contribution in [3.05, 3.63) is 29.8 Å². The van der Waals surface area contributed by atoms with Crippen molar-refractivity contribution in [1.29, 1.82) is 0 Å². The second kappa shape index (κ2) is 6.23. The summed E-state index contributed by atoms with van der Waals surface area (Å²) >= 11 is 1.32. The number of hydrogen-bond donors (Lipinski definition) is 1. The minimum absolute atomic E-state index is 0.0105. The normalized spacial score (nSPS) is 11.0. The average Bonchev–Trinajstić information content (AvgIpc) is 3.06. The fraction of sp³-hybridized carbons (Fsp3) is 0.333. The summed E-state index contributed by atoms with van der Waals surface area (Å²) < 4.78 is 1.67. The molecule has 0 fully saturated rings. The van der Waals surface area contributed by atoms with Crippen LogP contribution in [-0.4, -0.2) is 25.7 Å². The van der Waals surface area contributed by atoms with Gasteiger partial charge in [-0.05, 0) is 13.3 Å². The number of anilines is 1. The Labute approximate surface area is 132 Å². The van der Waals surface area contributed by atoms with Gasteiger partial charge in [0.15, 0.2) is 5.82 Å². The van der Waals surface area contributed by atoms with Gasteiger partial charge in [0.2, 0.25) is 16.0 Å². The first-order valence-corrected chi connectivity index (χ1v) is 8.08. The first-order valence-electron chi connectivity index (χ1n) is 7.26. The number of aryl methyl sites for hydroxylation is 1. The number of benzene rings is 1. The molecule has 6 nitrogen and oxygen atoms in total. The number of rotatable bonds is 5. The quantitative estimate of drug-likeness (QED) is 0.784. The maximum atomic E-state index is 11.8. The number of nitrogens with zero attached hydrogens (tertiary/aromatic N) is 4. The Morgan fingerprint density at radius 1 is 1.27 bits per heavy atom. The molecule has 22 heavy (non-hydrogen) atoms. The van der Waals surface area contributed by atoms with Crippen LogP contribution in [-0.2, 0) is 4.79 Å². The van der Waals surface area contributed by atoms with Crippen LogP contribution in [0.1, 0.15) is 31.7 Å². The Morgan fingerprint density at radius 3 is 2.77 bits per heavy atom. The minimum atomic E-state index is -0.0105. The van der Waals surface area contributed by atoms with E-state index in [1.807, 2.05) is 31.2 Å². The summed E-state index contributed by atoms with van der Waals surface area (Å²) in [5.74, 6) is 0.670. The predicted octanol–water partition coefficient (Wildman–Crippen LogP) is 3.29. The molecule has 0 aliphatic carbocycles. The highest BCUT2D eigenvalue weighted by Crippen LogP contribution is 2.24. The van der Waals surface area contributed by atoms with Gasteiger partial charge in [0.1, 0.15) is 0 Å². The molecule has 7 heteroatoms. The molecule has 1 amide bonds. The predicted molar refractivity (Wildman–Crippen MR) is 87.0 cm³/mol. The Bertz CT molecular complexity index is 790. The van der Waals surface area contributed by atoms with Gasteiger partial charge >= 0.3 is 0 Å². The SMILES string of the molecule is CCCCC(=O)Nc1nn2c(-c3ccc(C)cc3)nnc2s1. The zero-order valence-electron chi connectivity index (χ0n) is 12.5. The van der Waals surface area contributed by atoms with E-state index >= 15 is 0 Å². The number of carbonyl (C=O) groups is 1. The molecule has 0 saturated carbocycles. The Kier molecular flexibility index (Phi) is 4.15. The van der Waals surface area contributed by atoms with Crippen molar-refractivity contribution in [3.8, 4) is 11.4 Å². The van der Waals surface area contributed by atoms with Crippen molar-refractivity contribution in [2.75, 3.05) is 5.32 Å². The number of fused-ring (bicyclic) bond motifs is 1. The molecule has 2 aromatic heterocycles. The lowest BCUT2D eigenvalue weighted by molar-refractivity contribution is -0.116. The minimum Gasteiger partial charge on any atom is -0.301 e. The van der Waals surface area contributed by atoms with Crippen molar-refractivity contribution in [3.63, 3.8) is 0 Å². The molecule has 0 radical (unpaired) electrons. The van der Waals surface area contributed by atoms with E-state index in [-0.39, 0.29) is 5.91 Å². The third-order valence-electron chi connectivity index (χ3n) is 3.30. The third-order valence-corrected chi connectivity index (χ3v) is 4.12. The Morgan fingerprint density at radius 2 is 2.05 bits per heavy atom. The second-order valence-corrected chi connectivity index (χ2v) is 6.10. The Balaban J connectivity index is 1.85. The van der Waals surface area contributed by atoms with E-state index in [0.29, 0.717) is 22.3 Å². The summed E-state index contributed by atoms with van der Waals surface area (Å²) in [5, 5.41) is 16.1. The summed E-state index contributed by atoms with van der Waals surface area (Å²) in [6.07, 6.45) is 2.39. The van der Waals surface area contributed by atoms with E-state index in [2.05, 4.69) is 27.5 Å². The first-order chi connectivity index (χ1) is 10.7. The lowest BCUT2D eigenvalue weighted by atomic mass is 10.1. The van der Waals surface area contributed by atoms with Crippen LogP contribution in [0, 0.1) is 6.92 Å². The summed E-state index contributed by atoms with van der Waals surface area (Å²) in [7, 11) is 0. The van der Waals surface area contributed by atoms with Gasteiger partial charge in [-0.25, -0.2) is 0 Å². The number of amides is 1. The van der Waals surface area contributed by atoms with E-state index in [1.165, 1.54) is 16.9 Å². The number of unbranched alkanes of at least 4 members (excludes halogenated alkanes) is 1. The van der Waals surface area contributed by atoms with Crippen LogP contribution in [0.15, 0.2) is 24.3 Å². The summed E-state index contributed by atoms with van der Waals surface area (Å²) in [6, 6.07) is 8.03. The fourth-order valence-corrected chi connectivity index (χ4v) is 2.82. The molecule has 0 unspecified atom stereocenters. The molecule has 0 aliphatic rings. The van der Waals surface area contributed by atoms with Crippen LogP contribution in [0.4, 0.5) is 5.13 Å². The van der Waals surface area contributed by atoms with Crippen LogP contribution in [0.3, 0.4) is 0 Å². The van der Waals surface area contributed by atoms with Gasteiger partial charge in [0.05, 0.1) is 0 Å². The van der Waals surface area contributed by atoms with Crippen LogP contribution < -0.4 is 5.32 Å². The van der Waals surface area contributed by atoms with Crippen molar-refractivity contribution in [2.24, 2.45) is 0 Å². The lowest BCUT2D eigenvalue weighted by Gasteiger charge is -1.99. The second-order valence-electron chi connectivity index (χ2n) is 5.14. The van der Waals surface area contributed by atoms with E-state index in [9.17, 15) is 4.79 Å². The molecule has 1 N–H and O–H groups in total. The molecule has 0 aliphatic heterocycles. The van der Waals surface area contributed by atoms with Gasteiger partial charge in [-0.1, -0.05) is 54.5 Å². The molecular weight excluding hydrogens is 298 g/mol. The summed E-state index contributed by atoms with van der Waals surface area (Å²) in [4.78, 5) is 12.4. The highest BCUT2D eigenvalue weighted by atomic mass is 32.1. The van der Waals surface area contributed by atoms with E-state index in [4.69, 9.17) is 0 Å². The fourth-order valence-electron chi connectivity index (χ4n) is 2.07. The zero-order valence-corrected chi connectivity index (χ0v) is 13.4. The van der Waals surface area contributed by atoms with Crippen molar-refractivity contribution < 1.29 is 4.79 Å². The smallest absolute Gasteiger partial charge is 0.236 e. The molecule has 2 heterocycles. The maximum absolute atomic E-state index is 11.8. The molecular formula is C15H17N5OS. The molecule has 1 aromatic carbocycles. The van der Waals surface area contributed by atoms with Crippen molar-refractivity contribution in [2.45, 2.75) is 33.1 Å². The Hall–Kier alpha value is -2.28. The average molecular weight is 315 g/mol. The topological polar surface area (TPSA) is 72.2 Å². The molecule has 0 saturated heterocycles. The molecule has 0 bridgehead atoms.